The highest BCUT2D eigenvalue weighted by molar-refractivity contribution is 9.10. The predicted octanol–water partition coefficient (Wildman–Crippen LogP) is 2.41. The van der Waals surface area contributed by atoms with E-state index < -0.39 is 5.60 Å². The van der Waals surface area contributed by atoms with Crippen molar-refractivity contribution in [1.82, 2.24) is 10.2 Å². The molecule has 102 valence electrons. The largest absolute Gasteiger partial charge is 0.388 e. The number of likely N-dealkylation sites (N-methyl/N-ethyl adjacent to an activating group) is 1. The topological polar surface area (TPSA) is 35.5 Å². The number of nitrogens with zero attached hydrogens (tertiary/aromatic N) is 1. The Morgan fingerprint density at radius 1 is 1.44 bits per heavy atom. The lowest BCUT2D eigenvalue weighted by Gasteiger charge is -2.29. The Morgan fingerprint density at radius 2 is 2.11 bits per heavy atom. The fraction of sp³-hybridized carbons (Fsp3) is 0.571. The van der Waals surface area contributed by atoms with Gasteiger partial charge in [-0.2, -0.15) is 0 Å². The van der Waals surface area contributed by atoms with Crippen LogP contribution in [0.1, 0.15) is 25.5 Å². The lowest BCUT2D eigenvalue weighted by atomic mass is 10.0. The van der Waals surface area contributed by atoms with Crippen molar-refractivity contribution in [3.63, 3.8) is 0 Å². The maximum atomic E-state index is 10.2. The van der Waals surface area contributed by atoms with Crippen LogP contribution in [-0.4, -0.2) is 42.8 Å². The molecule has 0 aliphatic heterocycles. The Balaban J connectivity index is 2.53. The van der Waals surface area contributed by atoms with E-state index in [1.807, 2.05) is 38.1 Å². The second-order valence-electron chi connectivity index (χ2n) is 5.39. The normalized spacial score (nSPS) is 16.6. The molecule has 2 unspecified atom stereocenters. The molecule has 1 rings (SSSR count). The van der Waals surface area contributed by atoms with Gasteiger partial charge in [0.2, 0.25) is 0 Å². The second kappa shape index (κ2) is 6.66. The lowest BCUT2D eigenvalue weighted by molar-refractivity contribution is 0.0317. The Hall–Kier alpha value is -0.420. The number of halogens is 1. The first-order valence-electron chi connectivity index (χ1n) is 6.16. The highest BCUT2D eigenvalue weighted by Crippen LogP contribution is 2.18. The first kappa shape index (κ1) is 15.6. The van der Waals surface area contributed by atoms with E-state index in [2.05, 4.69) is 40.3 Å². The molecule has 1 aromatic carbocycles. The van der Waals surface area contributed by atoms with Gasteiger partial charge in [0.15, 0.2) is 0 Å². The van der Waals surface area contributed by atoms with Gasteiger partial charge in [0.1, 0.15) is 0 Å². The number of hydrogen-bond acceptors (Lipinski definition) is 3. The monoisotopic (exact) mass is 314 g/mol. The van der Waals surface area contributed by atoms with E-state index in [0.717, 1.165) is 4.47 Å². The highest BCUT2D eigenvalue weighted by atomic mass is 79.9. The summed E-state index contributed by atoms with van der Waals surface area (Å²) in [6.45, 7) is 5.17. The van der Waals surface area contributed by atoms with Gasteiger partial charge in [0.25, 0.3) is 0 Å². The van der Waals surface area contributed by atoms with E-state index in [9.17, 15) is 5.11 Å². The van der Waals surface area contributed by atoms with E-state index in [-0.39, 0.29) is 6.04 Å². The van der Waals surface area contributed by atoms with Gasteiger partial charge in [-0.05, 0) is 45.6 Å². The van der Waals surface area contributed by atoms with E-state index in [0.29, 0.717) is 13.1 Å². The molecule has 0 spiro atoms. The molecule has 0 bridgehead atoms. The fourth-order valence-electron chi connectivity index (χ4n) is 2.00. The molecule has 0 heterocycles. The van der Waals surface area contributed by atoms with Crippen LogP contribution in [0.2, 0.25) is 0 Å². The van der Waals surface area contributed by atoms with Gasteiger partial charge in [-0.3, -0.25) is 0 Å². The molecular formula is C14H23BrN2O. The average Bonchev–Trinajstić information content (AvgIpc) is 2.24. The van der Waals surface area contributed by atoms with E-state index in [4.69, 9.17) is 0 Å². The number of hydrogen-bond donors (Lipinski definition) is 2. The average molecular weight is 315 g/mol. The summed E-state index contributed by atoms with van der Waals surface area (Å²) < 4.78 is 1.08. The fourth-order valence-corrected chi connectivity index (χ4v) is 2.42. The van der Waals surface area contributed by atoms with Crippen LogP contribution in [0.5, 0.6) is 0 Å². The van der Waals surface area contributed by atoms with Crippen molar-refractivity contribution in [2.45, 2.75) is 25.5 Å². The molecule has 0 saturated carbocycles. The van der Waals surface area contributed by atoms with Crippen LogP contribution in [0.3, 0.4) is 0 Å². The minimum absolute atomic E-state index is 0.219. The molecule has 1 aromatic rings. The van der Waals surface area contributed by atoms with Gasteiger partial charge < -0.3 is 15.3 Å². The lowest BCUT2D eigenvalue weighted by Crippen LogP contribution is -2.46. The molecule has 0 aliphatic carbocycles. The number of aliphatic hydroxyl groups is 1. The zero-order valence-electron chi connectivity index (χ0n) is 11.6. The summed E-state index contributed by atoms with van der Waals surface area (Å²) in [6.07, 6.45) is 0. The smallest absolute Gasteiger partial charge is 0.0869 e. The Bertz CT molecular complexity index is 380. The molecular weight excluding hydrogens is 292 g/mol. The molecule has 0 fully saturated rings. The first-order chi connectivity index (χ1) is 8.30. The number of benzene rings is 1. The molecule has 18 heavy (non-hydrogen) atoms. The zero-order valence-corrected chi connectivity index (χ0v) is 13.2. The molecule has 4 heteroatoms. The molecule has 0 saturated heterocycles. The van der Waals surface area contributed by atoms with Crippen molar-refractivity contribution in [2.75, 3.05) is 27.2 Å². The van der Waals surface area contributed by atoms with Crippen LogP contribution in [0, 0.1) is 0 Å². The second-order valence-corrected chi connectivity index (χ2v) is 6.31. The van der Waals surface area contributed by atoms with E-state index in [1.54, 1.807) is 0 Å². The van der Waals surface area contributed by atoms with Crippen LogP contribution in [-0.2, 0) is 0 Å². The van der Waals surface area contributed by atoms with Crippen molar-refractivity contribution in [2.24, 2.45) is 0 Å². The summed E-state index contributed by atoms with van der Waals surface area (Å²) in [7, 11) is 3.93. The van der Waals surface area contributed by atoms with E-state index in [1.165, 1.54) is 5.56 Å². The zero-order chi connectivity index (χ0) is 13.8. The van der Waals surface area contributed by atoms with Crippen molar-refractivity contribution in [3.05, 3.63) is 34.3 Å². The summed E-state index contributed by atoms with van der Waals surface area (Å²) in [5.74, 6) is 0. The van der Waals surface area contributed by atoms with E-state index >= 15 is 0 Å². The Morgan fingerprint density at radius 3 is 2.67 bits per heavy atom. The maximum absolute atomic E-state index is 10.2. The summed E-state index contributed by atoms with van der Waals surface area (Å²) in [4.78, 5) is 1.99. The van der Waals surface area contributed by atoms with Crippen LogP contribution in [0.4, 0.5) is 0 Å². The van der Waals surface area contributed by atoms with Gasteiger partial charge in [0, 0.05) is 23.6 Å². The van der Waals surface area contributed by atoms with Gasteiger partial charge in [-0.15, -0.1) is 0 Å². The molecule has 2 atom stereocenters. The SMILES string of the molecule is CC(NCC(C)(O)CN(C)C)c1cccc(Br)c1. The predicted molar refractivity (Wildman–Crippen MR) is 79.7 cm³/mol. The minimum atomic E-state index is -0.718. The van der Waals surface area contributed by atoms with Crippen molar-refractivity contribution in [3.8, 4) is 0 Å². The molecule has 2 N–H and O–H groups in total. The van der Waals surface area contributed by atoms with Crippen LogP contribution < -0.4 is 5.32 Å². The highest BCUT2D eigenvalue weighted by Gasteiger charge is 2.21. The van der Waals surface area contributed by atoms with Crippen molar-refractivity contribution in [1.29, 1.82) is 0 Å². The Kier molecular flexibility index (Phi) is 5.79. The van der Waals surface area contributed by atoms with Crippen LogP contribution in [0.15, 0.2) is 28.7 Å². The molecule has 0 aromatic heterocycles. The molecule has 3 nitrogen and oxygen atoms in total. The standard InChI is InChI=1S/C14H23BrN2O/c1-11(12-6-5-7-13(15)8-12)16-9-14(2,18)10-17(3)4/h5-8,11,16,18H,9-10H2,1-4H3. The quantitative estimate of drug-likeness (QED) is 0.846. The summed E-state index contributed by atoms with van der Waals surface area (Å²) >= 11 is 3.47. The third kappa shape index (κ3) is 5.48. The van der Waals surface area contributed by atoms with Crippen molar-refractivity contribution < 1.29 is 5.11 Å². The van der Waals surface area contributed by atoms with Gasteiger partial charge in [-0.25, -0.2) is 0 Å². The third-order valence-corrected chi connectivity index (χ3v) is 3.29. The Labute approximate surface area is 118 Å². The summed E-state index contributed by atoms with van der Waals surface area (Å²) in [5, 5.41) is 13.6. The van der Waals surface area contributed by atoms with Crippen LogP contribution >= 0.6 is 15.9 Å². The maximum Gasteiger partial charge on any atom is 0.0869 e. The molecule has 0 aliphatic rings. The number of rotatable bonds is 6. The third-order valence-electron chi connectivity index (χ3n) is 2.79. The van der Waals surface area contributed by atoms with Gasteiger partial charge >= 0.3 is 0 Å². The van der Waals surface area contributed by atoms with Gasteiger partial charge in [-0.1, -0.05) is 28.1 Å². The van der Waals surface area contributed by atoms with Gasteiger partial charge in [0.05, 0.1) is 5.60 Å². The summed E-state index contributed by atoms with van der Waals surface area (Å²) in [6, 6.07) is 8.44. The molecule has 0 radical (unpaired) electrons. The number of nitrogens with one attached hydrogen (secondary N) is 1. The van der Waals surface area contributed by atoms with Crippen molar-refractivity contribution >= 4 is 15.9 Å². The summed E-state index contributed by atoms with van der Waals surface area (Å²) in [5.41, 5.74) is 0.495. The first-order valence-corrected chi connectivity index (χ1v) is 6.95. The molecule has 0 amide bonds. The van der Waals surface area contributed by atoms with Crippen LogP contribution in [0.25, 0.3) is 0 Å². The minimum Gasteiger partial charge on any atom is -0.388 e.